The number of rotatable bonds is 3. The summed E-state index contributed by atoms with van der Waals surface area (Å²) in [5.41, 5.74) is 2.90. The molecule has 2 rings (SSSR count). The first-order chi connectivity index (χ1) is 8.08. The van der Waals surface area contributed by atoms with E-state index in [0.717, 1.165) is 17.1 Å². The molecular weight excluding hydrogens is 236 g/mol. The molecule has 0 fully saturated rings. The van der Waals surface area contributed by atoms with Gasteiger partial charge in [-0.05, 0) is 31.5 Å². The number of nitrogens with zero attached hydrogens (tertiary/aromatic N) is 2. The Labute approximate surface area is 106 Å². The second-order valence-corrected chi connectivity index (χ2v) is 4.45. The van der Waals surface area contributed by atoms with Gasteiger partial charge in [-0.2, -0.15) is 5.10 Å². The number of benzene rings is 1. The Morgan fingerprint density at radius 1 is 1.35 bits per heavy atom. The quantitative estimate of drug-likeness (QED) is 0.836. The van der Waals surface area contributed by atoms with Crippen molar-refractivity contribution in [2.24, 2.45) is 7.05 Å². The topological polar surface area (TPSA) is 27.1 Å². The van der Waals surface area contributed by atoms with Gasteiger partial charge in [0, 0.05) is 7.05 Å². The van der Waals surface area contributed by atoms with Crippen molar-refractivity contribution in [2.45, 2.75) is 20.5 Å². The Hall–Kier alpha value is -1.48. The Morgan fingerprint density at radius 3 is 2.71 bits per heavy atom. The van der Waals surface area contributed by atoms with Gasteiger partial charge in [0.1, 0.15) is 12.4 Å². The molecule has 0 aliphatic rings. The highest BCUT2D eigenvalue weighted by molar-refractivity contribution is 6.31. The molecule has 17 heavy (non-hydrogen) atoms. The van der Waals surface area contributed by atoms with Crippen molar-refractivity contribution < 1.29 is 4.74 Å². The van der Waals surface area contributed by atoms with E-state index in [2.05, 4.69) is 5.10 Å². The second-order valence-electron chi connectivity index (χ2n) is 4.07. The molecule has 0 saturated carbocycles. The zero-order valence-corrected chi connectivity index (χ0v) is 11.0. The first kappa shape index (κ1) is 12.0. The van der Waals surface area contributed by atoms with E-state index < -0.39 is 0 Å². The van der Waals surface area contributed by atoms with Gasteiger partial charge in [-0.15, -0.1) is 0 Å². The Bertz CT molecular complexity index is 534. The smallest absolute Gasteiger partial charge is 0.131 e. The third-order valence-electron chi connectivity index (χ3n) is 2.63. The van der Waals surface area contributed by atoms with E-state index in [-0.39, 0.29) is 0 Å². The van der Waals surface area contributed by atoms with Gasteiger partial charge in [0.2, 0.25) is 0 Å². The Kier molecular flexibility index (Phi) is 3.38. The van der Waals surface area contributed by atoms with Gasteiger partial charge in [0.15, 0.2) is 0 Å². The average Bonchev–Trinajstić information content (AvgIpc) is 2.51. The highest BCUT2D eigenvalue weighted by Gasteiger charge is 2.11. The van der Waals surface area contributed by atoms with Gasteiger partial charge < -0.3 is 4.74 Å². The van der Waals surface area contributed by atoms with Crippen molar-refractivity contribution in [3.63, 3.8) is 0 Å². The largest absolute Gasteiger partial charge is 0.487 e. The lowest BCUT2D eigenvalue weighted by molar-refractivity contribution is 0.295. The van der Waals surface area contributed by atoms with Crippen LogP contribution in [0.15, 0.2) is 24.3 Å². The molecular formula is C13H15ClN2O. The molecule has 0 unspecified atom stereocenters. The molecule has 3 nitrogen and oxygen atoms in total. The summed E-state index contributed by atoms with van der Waals surface area (Å²) in [7, 11) is 1.87. The van der Waals surface area contributed by atoms with Crippen LogP contribution in [0, 0.1) is 13.8 Å². The van der Waals surface area contributed by atoms with Crippen LogP contribution in [-0.4, -0.2) is 9.78 Å². The highest BCUT2D eigenvalue weighted by Crippen LogP contribution is 2.21. The van der Waals surface area contributed by atoms with Gasteiger partial charge in [-0.3, -0.25) is 4.68 Å². The number of halogens is 1. The maximum absolute atomic E-state index is 6.15. The van der Waals surface area contributed by atoms with Crippen molar-refractivity contribution >= 4 is 11.6 Å². The maximum atomic E-state index is 6.15. The highest BCUT2D eigenvalue weighted by atomic mass is 35.5. The molecule has 4 heteroatoms. The monoisotopic (exact) mass is 250 g/mol. The fourth-order valence-corrected chi connectivity index (χ4v) is 1.91. The molecule has 0 spiro atoms. The lowest BCUT2D eigenvalue weighted by Gasteiger charge is -2.07. The van der Waals surface area contributed by atoms with Crippen molar-refractivity contribution in [1.82, 2.24) is 9.78 Å². The molecule has 2 aromatic rings. The van der Waals surface area contributed by atoms with Crippen LogP contribution in [-0.2, 0) is 13.7 Å². The van der Waals surface area contributed by atoms with Crippen LogP contribution in [0.4, 0.5) is 0 Å². The van der Waals surface area contributed by atoms with E-state index in [1.165, 1.54) is 5.56 Å². The normalized spacial score (nSPS) is 10.6. The molecule has 90 valence electrons. The summed E-state index contributed by atoms with van der Waals surface area (Å²) in [6, 6.07) is 7.94. The second kappa shape index (κ2) is 4.80. The van der Waals surface area contributed by atoms with E-state index >= 15 is 0 Å². The third-order valence-corrected chi connectivity index (χ3v) is 3.12. The third kappa shape index (κ3) is 2.61. The van der Waals surface area contributed by atoms with Gasteiger partial charge in [0.25, 0.3) is 0 Å². The van der Waals surface area contributed by atoms with Crippen molar-refractivity contribution in [2.75, 3.05) is 0 Å². The van der Waals surface area contributed by atoms with Gasteiger partial charge in [-0.1, -0.05) is 23.7 Å². The van der Waals surface area contributed by atoms with Crippen LogP contribution in [0.25, 0.3) is 0 Å². The van der Waals surface area contributed by atoms with Gasteiger partial charge >= 0.3 is 0 Å². The predicted molar refractivity (Wildman–Crippen MR) is 68.5 cm³/mol. The number of hydrogen-bond acceptors (Lipinski definition) is 2. The summed E-state index contributed by atoms with van der Waals surface area (Å²) in [4.78, 5) is 0. The van der Waals surface area contributed by atoms with E-state index in [1.54, 1.807) is 4.68 Å². The molecule has 0 radical (unpaired) electrons. The van der Waals surface area contributed by atoms with Gasteiger partial charge in [-0.25, -0.2) is 0 Å². The predicted octanol–water partition coefficient (Wildman–Crippen LogP) is 3.27. The molecule has 1 aromatic carbocycles. The number of aryl methyl sites for hydroxylation is 3. The van der Waals surface area contributed by atoms with Crippen LogP contribution >= 0.6 is 11.6 Å². The van der Waals surface area contributed by atoms with E-state index in [9.17, 15) is 0 Å². The fourth-order valence-electron chi connectivity index (χ4n) is 1.69. The van der Waals surface area contributed by atoms with Crippen molar-refractivity contribution in [3.05, 3.63) is 46.2 Å². The SMILES string of the molecule is Cc1cccc(OCc2c(Cl)c(C)nn2C)c1. The maximum Gasteiger partial charge on any atom is 0.131 e. The minimum absolute atomic E-state index is 0.430. The standard InChI is InChI=1S/C13H15ClN2O/c1-9-5-4-6-11(7-9)17-8-12-13(14)10(2)15-16(12)3/h4-7H,8H2,1-3H3. The van der Waals surface area contributed by atoms with Crippen LogP contribution in [0.1, 0.15) is 17.0 Å². The first-order valence-corrected chi connectivity index (χ1v) is 5.83. The van der Waals surface area contributed by atoms with Crippen LogP contribution in [0.3, 0.4) is 0 Å². The number of hydrogen-bond donors (Lipinski definition) is 0. The Morgan fingerprint density at radius 2 is 2.12 bits per heavy atom. The molecule has 0 N–H and O–H groups in total. The van der Waals surface area contributed by atoms with E-state index in [0.29, 0.717) is 11.6 Å². The fraction of sp³-hybridized carbons (Fsp3) is 0.308. The lowest BCUT2D eigenvalue weighted by Crippen LogP contribution is -2.03. The van der Waals surface area contributed by atoms with Crippen LogP contribution < -0.4 is 4.74 Å². The minimum atomic E-state index is 0.430. The van der Waals surface area contributed by atoms with Crippen LogP contribution in [0.2, 0.25) is 5.02 Å². The van der Waals surface area contributed by atoms with Crippen LogP contribution in [0.5, 0.6) is 5.75 Å². The van der Waals surface area contributed by atoms with Crippen molar-refractivity contribution in [3.8, 4) is 5.75 Å². The molecule has 1 heterocycles. The average molecular weight is 251 g/mol. The molecule has 0 aliphatic heterocycles. The Balaban J connectivity index is 2.12. The summed E-state index contributed by atoms with van der Waals surface area (Å²) in [6.07, 6.45) is 0. The van der Waals surface area contributed by atoms with E-state index in [1.807, 2.05) is 45.2 Å². The van der Waals surface area contributed by atoms with E-state index in [4.69, 9.17) is 16.3 Å². The summed E-state index contributed by atoms with van der Waals surface area (Å²) in [6.45, 7) is 4.35. The summed E-state index contributed by atoms with van der Waals surface area (Å²) >= 11 is 6.15. The van der Waals surface area contributed by atoms with Crippen molar-refractivity contribution in [1.29, 1.82) is 0 Å². The molecule has 0 aliphatic carbocycles. The molecule has 0 amide bonds. The zero-order chi connectivity index (χ0) is 12.4. The first-order valence-electron chi connectivity index (χ1n) is 5.45. The minimum Gasteiger partial charge on any atom is -0.487 e. The lowest BCUT2D eigenvalue weighted by atomic mass is 10.2. The summed E-state index contributed by atoms with van der Waals surface area (Å²) < 4.78 is 7.46. The number of aromatic nitrogens is 2. The van der Waals surface area contributed by atoms with Gasteiger partial charge in [0.05, 0.1) is 16.4 Å². The summed E-state index contributed by atoms with van der Waals surface area (Å²) in [5.74, 6) is 0.847. The molecule has 1 aromatic heterocycles. The molecule has 0 atom stereocenters. The molecule has 0 saturated heterocycles. The number of ether oxygens (including phenoxy) is 1. The summed E-state index contributed by atoms with van der Waals surface area (Å²) in [5, 5.41) is 4.93. The zero-order valence-electron chi connectivity index (χ0n) is 10.2. The molecule has 0 bridgehead atoms.